The lowest BCUT2D eigenvalue weighted by molar-refractivity contribution is -0.141. The van der Waals surface area contributed by atoms with E-state index in [9.17, 15) is 14.4 Å². The fraction of sp³-hybridized carbons (Fsp3) is 0.176. The average molecular weight is 325 g/mol. The van der Waals surface area contributed by atoms with Crippen molar-refractivity contribution in [2.24, 2.45) is 5.92 Å². The second kappa shape index (κ2) is 6.49. The third kappa shape index (κ3) is 2.96. The highest BCUT2D eigenvalue weighted by atomic mass is 16.4. The van der Waals surface area contributed by atoms with Gasteiger partial charge in [0, 0.05) is 18.2 Å². The van der Waals surface area contributed by atoms with Crippen LogP contribution >= 0.6 is 0 Å². The number of anilines is 1. The van der Waals surface area contributed by atoms with Gasteiger partial charge in [0.05, 0.1) is 12.5 Å². The number of aromatic nitrogens is 1. The van der Waals surface area contributed by atoms with E-state index in [0.717, 1.165) is 10.0 Å². The first-order valence-electron chi connectivity index (χ1n) is 7.41. The molecule has 2 amide bonds. The van der Waals surface area contributed by atoms with Crippen molar-refractivity contribution in [3.05, 3.63) is 60.3 Å². The van der Waals surface area contributed by atoms with E-state index in [1.807, 2.05) is 0 Å². The van der Waals surface area contributed by atoms with Gasteiger partial charge >= 0.3 is 5.97 Å². The fourth-order valence-electron chi connectivity index (χ4n) is 2.57. The van der Waals surface area contributed by atoms with Crippen molar-refractivity contribution in [2.75, 3.05) is 11.6 Å². The van der Waals surface area contributed by atoms with E-state index in [1.54, 1.807) is 48.5 Å². The molecule has 0 spiro atoms. The number of hydrogen-bond acceptors (Lipinski definition) is 4. The minimum absolute atomic E-state index is 0.0662. The van der Waals surface area contributed by atoms with Crippen LogP contribution in [0, 0.1) is 5.92 Å². The van der Waals surface area contributed by atoms with Crippen LogP contribution in [0.25, 0.3) is 0 Å². The van der Waals surface area contributed by atoms with Crippen molar-refractivity contribution in [3.63, 3.8) is 0 Å². The number of nitrogens with zero attached hydrogens (tertiary/aromatic N) is 3. The summed E-state index contributed by atoms with van der Waals surface area (Å²) in [5.41, 5.74) is 0.384. The number of pyridine rings is 1. The zero-order chi connectivity index (χ0) is 17.1. The molecule has 1 unspecified atom stereocenters. The molecule has 0 aliphatic carbocycles. The largest absolute Gasteiger partial charge is 0.481 e. The quantitative estimate of drug-likeness (QED) is 0.921. The molecule has 0 radical (unpaired) electrons. The molecule has 0 bridgehead atoms. The summed E-state index contributed by atoms with van der Waals surface area (Å²) in [6.07, 6.45) is 1.37. The van der Waals surface area contributed by atoms with Gasteiger partial charge in [-0.05, 0) is 24.3 Å². The summed E-state index contributed by atoms with van der Waals surface area (Å²) in [6, 6.07) is 13.5. The Labute approximate surface area is 138 Å². The Hall–Kier alpha value is -3.22. The van der Waals surface area contributed by atoms with Gasteiger partial charge in [0.15, 0.2) is 5.82 Å². The van der Waals surface area contributed by atoms with E-state index in [1.165, 1.54) is 6.20 Å². The summed E-state index contributed by atoms with van der Waals surface area (Å²) >= 11 is 0. The van der Waals surface area contributed by atoms with Crippen LogP contribution in [0.2, 0.25) is 0 Å². The van der Waals surface area contributed by atoms with E-state index >= 15 is 0 Å². The first-order valence-corrected chi connectivity index (χ1v) is 7.41. The van der Waals surface area contributed by atoms with E-state index < -0.39 is 23.7 Å². The third-order valence-electron chi connectivity index (χ3n) is 3.77. The molecule has 7 nitrogen and oxygen atoms in total. The Morgan fingerprint density at radius 3 is 2.42 bits per heavy atom. The lowest BCUT2D eigenvalue weighted by atomic mass is 10.1. The smallest absolute Gasteiger partial charge is 0.308 e. The van der Waals surface area contributed by atoms with Crippen molar-refractivity contribution < 1.29 is 19.5 Å². The molecule has 7 heteroatoms. The molecule has 2 aromatic rings. The molecule has 2 heterocycles. The topological polar surface area (TPSA) is 90.8 Å². The number of carboxylic acids is 1. The van der Waals surface area contributed by atoms with Crippen LogP contribution in [0.4, 0.5) is 5.82 Å². The molecular weight excluding hydrogens is 310 g/mol. The van der Waals surface area contributed by atoms with Gasteiger partial charge in [-0.2, -0.15) is 5.01 Å². The number of hydrogen-bond donors (Lipinski definition) is 1. The number of carbonyl (C=O) groups excluding carboxylic acids is 2. The maximum absolute atomic E-state index is 12.9. The van der Waals surface area contributed by atoms with Crippen LogP contribution in [0.15, 0.2) is 54.7 Å². The van der Waals surface area contributed by atoms with E-state index in [-0.39, 0.29) is 18.8 Å². The second-order valence-electron chi connectivity index (χ2n) is 5.39. The highest BCUT2D eigenvalue weighted by Gasteiger charge is 2.40. The Morgan fingerprint density at radius 2 is 1.83 bits per heavy atom. The second-order valence-corrected chi connectivity index (χ2v) is 5.39. The van der Waals surface area contributed by atoms with Gasteiger partial charge in [0.2, 0.25) is 5.91 Å². The molecule has 3 rings (SSSR count). The summed E-state index contributed by atoms with van der Waals surface area (Å²) in [7, 11) is 0. The van der Waals surface area contributed by atoms with Crippen molar-refractivity contribution in [3.8, 4) is 0 Å². The number of benzene rings is 1. The van der Waals surface area contributed by atoms with Crippen LogP contribution in [-0.4, -0.2) is 39.4 Å². The van der Waals surface area contributed by atoms with Crippen LogP contribution in [0.5, 0.6) is 0 Å². The first-order chi connectivity index (χ1) is 11.6. The number of aliphatic carboxylic acids is 1. The number of amides is 2. The van der Waals surface area contributed by atoms with Crippen LogP contribution in [-0.2, 0) is 9.59 Å². The van der Waals surface area contributed by atoms with Gasteiger partial charge in [0.25, 0.3) is 5.91 Å². The summed E-state index contributed by atoms with van der Waals surface area (Å²) in [5, 5.41) is 11.5. The van der Waals surface area contributed by atoms with Gasteiger partial charge < -0.3 is 5.11 Å². The first kappa shape index (κ1) is 15.7. The number of carbonyl (C=O) groups is 3. The molecule has 1 aliphatic heterocycles. The number of hydrazine groups is 1. The monoisotopic (exact) mass is 325 g/mol. The van der Waals surface area contributed by atoms with Gasteiger partial charge in [-0.25, -0.2) is 9.99 Å². The van der Waals surface area contributed by atoms with Crippen LogP contribution in [0.3, 0.4) is 0 Å². The van der Waals surface area contributed by atoms with Crippen molar-refractivity contribution in [1.82, 2.24) is 9.99 Å². The van der Waals surface area contributed by atoms with E-state index in [0.29, 0.717) is 5.56 Å². The van der Waals surface area contributed by atoms with Gasteiger partial charge in [-0.1, -0.05) is 24.3 Å². The average Bonchev–Trinajstić information content (AvgIpc) is 2.99. The summed E-state index contributed by atoms with van der Waals surface area (Å²) in [5.74, 6) is -2.48. The van der Waals surface area contributed by atoms with Crippen molar-refractivity contribution in [1.29, 1.82) is 0 Å². The predicted octanol–water partition coefficient (Wildman–Crippen LogP) is 1.58. The highest BCUT2D eigenvalue weighted by Crippen LogP contribution is 2.25. The maximum atomic E-state index is 12.9. The summed E-state index contributed by atoms with van der Waals surface area (Å²) in [4.78, 5) is 40.5. The minimum Gasteiger partial charge on any atom is -0.481 e. The normalized spacial score (nSPS) is 16.9. The SMILES string of the molecule is O=C(O)C1CC(=O)N(N(C(=O)c2ccccc2)c2ccccn2)C1. The Balaban J connectivity index is 1.99. The summed E-state index contributed by atoms with van der Waals surface area (Å²) in [6.45, 7) is -0.0662. The minimum atomic E-state index is -1.06. The lowest BCUT2D eigenvalue weighted by Gasteiger charge is -2.30. The fourth-order valence-corrected chi connectivity index (χ4v) is 2.57. The molecule has 122 valence electrons. The lowest BCUT2D eigenvalue weighted by Crippen LogP contribution is -2.48. The molecule has 1 N–H and O–H groups in total. The van der Waals surface area contributed by atoms with Gasteiger partial charge in [-0.15, -0.1) is 0 Å². The molecule has 1 fully saturated rings. The van der Waals surface area contributed by atoms with E-state index in [2.05, 4.69) is 4.98 Å². The van der Waals surface area contributed by atoms with Gasteiger partial charge in [0.1, 0.15) is 0 Å². The Bertz CT molecular complexity index is 764. The number of rotatable bonds is 4. The Kier molecular flexibility index (Phi) is 4.24. The zero-order valence-corrected chi connectivity index (χ0v) is 12.7. The molecular formula is C17H15N3O4. The molecule has 24 heavy (non-hydrogen) atoms. The number of carboxylic acid groups (broad SMARTS) is 1. The molecule has 1 atom stereocenters. The maximum Gasteiger partial charge on any atom is 0.308 e. The molecule has 1 saturated heterocycles. The Morgan fingerprint density at radius 1 is 1.12 bits per heavy atom. The molecule has 0 saturated carbocycles. The van der Waals surface area contributed by atoms with Crippen molar-refractivity contribution >= 4 is 23.6 Å². The molecule has 1 aromatic heterocycles. The zero-order valence-electron chi connectivity index (χ0n) is 12.7. The summed E-state index contributed by atoms with van der Waals surface area (Å²) < 4.78 is 0. The standard InChI is InChI=1S/C17H15N3O4/c21-15-10-13(17(23)24)11-19(15)20(14-8-4-5-9-18-14)16(22)12-6-2-1-3-7-12/h1-9,13H,10-11H2,(H,23,24). The van der Waals surface area contributed by atoms with Gasteiger partial charge in [-0.3, -0.25) is 14.4 Å². The van der Waals surface area contributed by atoms with Crippen LogP contribution < -0.4 is 5.01 Å². The van der Waals surface area contributed by atoms with Crippen LogP contribution in [0.1, 0.15) is 16.8 Å². The molecule has 1 aromatic carbocycles. The predicted molar refractivity (Wildman–Crippen MR) is 84.9 cm³/mol. The van der Waals surface area contributed by atoms with Crippen molar-refractivity contribution in [2.45, 2.75) is 6.42 Å². The third-order valence-corrected chi connectivity index (χ3v) is 3.77. The molecule has 1 aliphatic rings. The highest BCUT2D eigenvalue weighted by molar-refractivity contribution is 6.07. The van der Waals surface area contributed by atoms with E-state index in [4.69, 9.17) is 5.11 Å².